The van der Waals surface area contributed by atoms with Crippen LogP contribution in [0, 0.1) is 11.3 Å². The van der Waals surface area contributed by atoms with Crippen molar-refractivity contribution in [2.75, 3.05) is 13.1 Å². The van der Waals surface area contributed by atoms with Gasteiger partial charge in [-0.1, -0.05) is 19.9 Å². The molecule has 18 heavy (non-hydrogen) atoms. The lowest BCUT2D eigenvalue weighted by atomic mass is 9.56. The Balaban J connectivity index is 1.69. The molecule has 0 aliphatic heterocycles. The van der Waals surface area contributed by atoms with Gasteiger partial charge in [0.25, 0.3) is 0 Å². The molecule has 1 aromatic rings. The Hall–Kier alpha value is -0.890. The molecule has 0 unspecified atom stereocenters. The summed E-state index contributed by atoms with van der Waals surface area (Å²) in [5, 5.41) is 3.66. The molecule has 0 atom stereocenters. The summed E-state index contributed by atoms with van der Waals surface area (Å²) in [5.74, 6) is 0.728. The van der Waals surface area contributed by atoms with E-state index in [0.29, 0.717) is 5.41 Å². The lowest BCUT2D eigenvalue weighted by molar-refractivity contribution is 0.115. The number of hydrogen-bond acceptors (Lipinski definition) is 2. The van der Waals surface area contributed by atoms with Crippen molar-refractivity contribution < 1.29 is 0 Å². The molecule has 1 N–H and O–H groups in total. The predicted molar refractivity (Wildman–Crippen MR) is 74.5 cm³/mol. The third kappa shape index (κ3) is 2.18. The molecule has 2 heteroatoms. The lowest BCUT2D eigenvalue weighted by Gasteiger charge is -2.49. The first-order valence-electron chi connectivity index (χ1n) is 7.26. The van der Waals surface area contributed by atoms with Crippen molar-refractivity contribution in [1.29, 1.82) is 0 Å². The molecule has 3 rings (SSSR count). The molecule has 0 amide bonds. The minimum Gasteiger partial charge on any atom is -0.316 e. The number of aromatic nitrogens is 1. The van der Waals surface area contributed by atoms with E-state index in [2.05, 4.69) is 42.5 Å². The quantitative estimate of drug-likeness (QED) is 0.860. The molecule has 0 aromatic carbocycles. The van der Waals surface area contributed by atoms with E-state index in [0.717, 1.165) is 24.4 Å². The maximum absolute atomic E-state index is 4.32. The molecular weight excluding hydrogens is 220 g/mol. The second-order valence-corrected chi connectivity index (χ2v) is 6.90. The lowest BCUT2D eigenvalue weighted by Crippen LogP contribution is -2.50. The van der Waals surface area contributed by atoms with Gasteiger partial charge in [-0.3, -0.25) is 4.98 Å². The van der Waals surface area contributed by atoms with Gasteiger partial charge in [-0.05, 0) is 55.2 Å². The van der Waals surface area contributed by atoms with Crippen LogP contribution in [0.25, 0.3) is 0 Å². The van der Waals surface area contributed by atoms with Crippen LogP contribution >= 0.6 is 0 Å². The molecule has 1 heterocycles. The molecule has 0 radical (unpaired) electrons. The van der Waals surface area contributed by atoms with E-state index in [1.54, 1.807) is 0 Å². The first-order chi connectivity index (χ1) is 8.64. The van der Waals surface area contributed by atoms with Gasteiger partial charge in [-0.25, -0.2) is 0 Å². The number of nitrogens with zero attached hydrogens (tertiary/aromatic N) is 1. The minimum atomic E-state index is 0.375. The summed E-state index contributed by atoms with van der Waals surface area (Å²) >= 11 is 0. The topological polar surface area (TPSA) is 24.9 Å². The largest absolute Gasteiger partial charge is 0.316 e. The number of rotatable bonds is 5. The molecule has 2 saturated carbocycles. The van der Waals surface area contributed by atoms with Gasteiger partial charge in [0.15, 0.2) is 0 Å². The molecule has 2 aliphatic rings. The molecule has 1 aromatic heterocycles. The highest BCUT2D eigenvalue weighted by atomic mass is 14.9. The van der Waals surface area contributed by atoms with Gasteiger partial charge in [0.2, 0.25) is 0 Å². The van der Waals surface area contributed by atoms with Crippen molar-refractivity contribution in [3.8, 4) is 0 Å². The average molecular weight is 244 g/mol. The zero-order valence-electron chi connectivity index (χ0n) is 11.6. The van der Waals surface area contributed by atoms with Gasteiger partial charge in [-0.15, -0.1) is 0 Å². The zero-order chi connectivity index (χ0) is 12.6. The fourth-order valence-electron chi connectivity index (χ4n) is 3.62. The van der Waals surface area contributed by atoms with E-state index in [1.807, 2.05) is 6.20 Å². The molecular formula is C16H24N2. The normalized spacial score (nSPS) is 23.1. The second-order valence-electron chi connectivity index (χ2n) is 6.90. The van der Waals surface area contributed by atoms with Gasteiger partial charge in [0, 0.05) is 24.4 Å². The molecule has 2 nitrogen and oxygen atoms in total. The summed E-state index contributed by atoms with van der Waals surface area (Å²) < 4.78 is 0. The second kappa shape index (κ2) is 4.34. The summed E-state index contributed by atoms with van der Waals surface area (Å²) in [6.45, 7) is 6.79. The Morgan fingerprint density at radius 3 is 2.67 bits per heavy atom. The maximum Gasteiger partial charge on any atom is 0.0306 e. The monoisotopic (exact) mass is 244 g/mol. The Labute approximate surface area is 110 Å². The van der Waals surface area contributed by atoms with E-state index in [4.69, 9.17) is 0 Å². The van der Waals surface area contributed by atoms with Crippen LogP contribution in [-0.4, -0.2) is 18.1 Å². The Morgan fingerprint density at radius 2 is 2.11 bits per heavy atom. The van der Waals surface area contributed by atoms with Crippen LogP contribution in [0.2, 0.25) is 0 Å². The van der Waals surface area contributed by atoms with E-state index in [-0.39, 0.29) is 0 Å². The van der Waals surface area contributed by atoms with E-state index >= 15 is 0 Å². The summed E-state index contributed by atoms with van der Waals surface area (Å²) in [4.78, 5) is 4.32. The third-order valence-electron chi connectivity index (χ3n) is 4.67. The Kier molecular flexibility index (Phi) is 2.93. The predicted octanol–water partition coefficient (Wildman–Crippen LogP) is 3.14. The Morgan fingerprint density at radius 1 is 1.33 bits per heavy atom. The van der Waals surface area contributed by atoms with Crippen molar-refractivity contribution >= 4 is 0 Å². The van der Waals surface area contributed by atoms with Gasteiger partial charge in [0.05, 0.1) is 0 Å². The highest BCUT2D eigenvalue weighted by Gasteiger charge is 2.60. The fraction of sp³-hybridized carbons (Fsp3) is 0.688. The smallest absolute Gasteiger partial charge is 0.0306 e. The van der Waals surface area contributed by atoms with E-state index in [1.165, 1.54) is 31.2 Å². The van der Waals surface area contributed by atoms with Crippen molar-refractivity contribution in [2.45, 2.75) is 44.9 Å². The van der Waals surface area contributed by atoms with Gasteiger partial charge in [0.1, 0.15) is 0 Å². The summed E-state index contributed by atoms with van der Waals surface area (Å²) in [6.07, 6.45) is 9.61. The van der Waals surface area contributed by atoms with Crippen molar-refractivity contribution in [1.82, 2.24) is 10.3 Å². The van der Waals surface area contributed by atoms with Crippen LogP contribution in [0.5, 0.6) is 0 Å². The standard InChI is InChI=1S/C16H24N2/c1-13(2)8-18-12-16(10-15(11-16)5-6-15)14-4-3-7-17-9-14/h3-4,7,9,13,18H,5-6,8,10-12H2,1-2H3. The summed E-state index contributed by atoms with van der Waals surface area (Å²) in [7, 11) is 0. The SMILES string of the molecule is CC(C)CNCC1(c2cccnc2)CC2(CC2)C1. The van der Waals surface area contributed by atoms with Crippen molar-refractivity contribution in [3.05, 3.63) is 30.1 Å². The van der Waals surface area contributed by atoms with E-state index in [9.17, 15) is 0 Å². The zero-order valence-corrected chi connectivity index (χ0v) is 11.6. The highest BCUT2D eigenvalue weighted by Crippen LogP contribution is 2.68. The number of nitrogens with one attached hydrogen (secondary N) is 1. The van der Waals surface area contributed by atoms with E-state index < -0.39 is 0 Å². The third-order valence-corrected chi connectivity index (χ3v) is 4.67. The molecule has 2 aliphatic carbocycles. The van der Waals surface area contributed by atoms with Crippen LogP contribution in [0.3, 0.4) is 0 Å². The van der Waals surface area contributed by atoms with Crippen molar-refractivity contribution in [2.24, 2.45) is 11.3 Å². The van der Waals surface area contributed by atoms with Gasteiger partial charge < -0.3 is 5.32 Å². The van der Waals surface area contributed by atoms with Crippen LogP contribution in [0.4, 0.5) is 0 Å². The molecule has 98 valence electrons. The first-order valence-corrected chi connectivity index (χ1v) is 7.26. The first kappa shape index (κ1) is 12.2. The minimum absolute atomic E-state index is 0.375. The van der Waals surface area contributed by atoms with Crippen LogP contribution in [0.15, 0.2) is 24.5 Å². The molecule has 0 bridgehead atoms. The van der Waals surface area contributed by atoms with Crippen LogP contribution in [-0.2, 0) is 5.41 Å². The summed E-state index contributed by atoms with van der Waals surface area (Å²) in [5.41, 5.74) is 2.55. The van der Waals surface area contributed by atoms with Gasteiger partial charge >= 0.3 is 0 Å². The maximum atomic E-state index is 4.32. The van der Waals surface area contributed by atoms with Gasteiger partial charge in [-0.2, -0.15) is 0 Å². The van der Waals surface area contributed by atoms with Crippen molar-refractivity contribution in [3.63, 3.8) is 0 Å². The van der Waals surface area contributed by atoms with Crippen LogP contribution < -0.4 is 5.32 Å². The highest BCUT2D eigenvalue weighted by molar-refractivity contribution is 5.31. The average Bonchev–Trinajstić information content (AvgIpc) is 3.09. The summed E-state index contributed by atoms with van der Waals surface area (Å²) in [6, 6.07) is 4.34. The van der Waals surface area contributed by atoms with Crippen LogP contribution in [0.1, 0.15) is 45.1 Å². The Bertz CT molecular complexity index is 398. The number of hydrogen-bond donors (Lipinski definition) is 1. The fourth-order valence-corrected chi connectivity index (χ4v) is 3.62. The molecule has 2 fully saturated rings. The molecule has 1 spiro atoms. The number of pyridine rings is 1. The molecule has 0 saturated heterocycles.